The summed E-state index contributed by atoms with van der Waals surface area (Å²) in [6.07, 6.45) is 38.6. The van der Waals surface area contributed by atoms with Crippen LogP contribution in [0.15, 0.2) is 12.2 Å². The molecule has 0 radical (unpaired) electrons. The van der Waals surface area contributed by atoms with Crippen LogP contribution in [0, 0.1) is 0 Å². The number of amides is 1. The van der Waals surface area contributed by atoms with Crippen molar-refractivity contribution in [1.29, 1.82) is 0 Å². The van der Waals surface area contributed by atoms with Gasteiger partial charge in [0.25, 0.3) is 0 Å². The normalized spacial score (nSPS) is 14.6. The number of likely N-dealkylation sites (N-methyl/N-ethyl adjacent to an activating group) is 1. The Labute approximate surface area is 316 Å². The number of quaternary nitrogens is 1. The molecule has 0 aliphatic rings. The summed E-state index contributed by atoms with van der Waals surface area (Å²) < 4.78 is 23.5. The molecular formula is C42H86N2O6P+. The highest BCUT2D eigenvalue weighted by molar-refractivity contribution is 7.47. The van der Waals surface area contributed by atoms with Crippen LogP contribution < -0.4 is 5.32 Å². The zero-order chi connectivity index (χ0) is 37.9. The first-order valence-electron chi connectivity index (χ1n) is 21.6. The van der Waals surface area contributed by atoms with E-state index in [1.165, 1.54) is 148 Å². The fraction of sp³-hybridized carbons (Fsp3) is 0.929. The minimum Gasteiger partial charge on any atom is -0.387 e. The van der Waals surface area contributed by atoms with Crippen molar-refractivity contribution in [3.8, 4) is 0 Å². The van der Waals surface area contributed by atoms with E-state index in [-0.39, 0.29) is 19.1 Å². The van der Waals surface area contributed by atoms with Gasteiger partial charge in [-0.1, -0.05) is 187 Å². The van der Waals surface area contributed by atoms with Gasteiger partial charge in [0.1, 0.15) is 13.2 Å². The lowest BCUT2D eigenvalue weighted by Crippen LogP contribution is -2.45. The van der Waals surface area contributed by atoms with Crippen molar-refractivity contribution in [2.75, 3.05) is 40.9 Å². The predicted molar refractivity (Wildman–Crippen MR) is 217 cm³/mol. The zero-order valence-corrected chi connectivity index (χ0v) is 35.3. The third kappa shape index (κ3) is 37.4. The van der Waals surface area contributed by atoms with Crippen LogP contribution in [-0.2, 0) is 18.4 Å². The lowest BCUT2D eigenvalue weighted by atomic mass is 10.0. The van der Waals surface area contributed by atoms with Gasteiger partial charge in [-0.15, -0.1) is 0 Å². The van der Waals surface area contributed by atoms with Crippen LogP contribution in [0.1, 0.15) is 200 Å². The zero-order valence-electron chi connectivity index (χ0n) is 34.4. The van der Waals surface area contributed by atoms with Crippen molar-refractivity contribution >= 4 is 13.7 Å². The van der Waals surface area contributed by atoms with E-state index in [0.717, 1.165) is 32.1 Å². The molecule has 3 N–H and O–H groups in total. The highest BCUT2D eigenvalue weighted by Crippen LogP contribution is 2.43. The third-order valence-electron chi connectivity index (χ3n) is 9.76. The maximum Gasteiger partial charge on any atom is 0.472 e. The van der Waals surface area contributed by atoms with E-state index >= 15 is 0 Å². The first-order chi connectivity index (χ1) is 24.5. The van der Waals surface area contributed by atoms with Crippen molar-refractivity contribution in [2.45, 2.75) is 212 Å². The molecule has 0 aliphatic carbocycles. The number of phosphoric acid groups is 1. The molecule has 0 fully saturated rings. The number of carbonyl (C=O) groups is 1. The quantitative estimate of drug-likeness (QED) is 0.0250. The summed E-state index contributed by atoms with van der Waals surface area (Å²) >= 11 is 0. The maximum absolute atomic E-state index is 12.8. The summed E-state index contributed by atoms with van der Waals surface area (Å²) in [4.78, 5) is 23.0. The first-order valence-corrected chi connectivity index (χ1v) is 23.1. The van der Waals surface area contributed by atoms with Crippen LogP contribution in [0.3, 0.4) is 0 Å². The van der Waals surface area contributed by atoms with E-state index in [4.69, 9.17) is 9.05 Å². The molecule has 0 aromatic heterocycles. The van der Waals surface area contributed by atoms with Gasteiger partial charge in [0.05, 0.1) is 39.9 Å². The van der Waals surface area contributed by atoms with Crippen molar-refractivity contribution in [1.82, 2.24) is 5.32 Å². The smallest absolute Gasteiger partial charge is 0.387 e. The van der Waals surface area contributed by atoms with E-state index in [1.807, 2.05) is 27.2 Å². The van der Waals surface area contributed by atoms with E-state index in [2.05, 4.69) is 19.2 Å². The van der Waals surface area contributed by atoms with Crippen LogP contribution in [0.5, 0.6) is 0 Å². The van der Waals surface area contributed by atoms with Gasteiger partial charge in [-0.05, 0) is 19.3 Å². The monoisotopic (exact) mass is 746 g/mol. The molecule has 0 spiro atoms. The van der Waals surface area contributed by atoms with E-state index in [1.54, 1.807) is 6.08 Å². The van der Waals surface area contributed by atoms with E-state index < -0.39 is 20.0 Å². The Morgan fingerprint density at radius 2 is 1.04 bits per heavy atom. The molecule has 0 aromatic rings. The number of unbranched alkanes of at least 4 members (excludes halogenated alkanes) is 26. The number of phosphoric ester groups is 1. The van der Waals surface area contributed by atoms with Crippen molar-refractivity contribution in [3.05, 3.63) is 12.2 Å². The summed E-state index contributed by atoms with van der Waals surface area (Å²) in [6, 6.07) is -0.838. The molecule has 0 bridgehead atoms. The van der Waals surface area contributed by atoms with Crippen molar-refractivity contribution in [3.63, 3.8) is 0 Å². The Hall–Kier alpha value is -0.760. The second kappa shape index (κ2) is 35.0. The van der Waals surface area contributed by atoms with Gasteiger partial charge >= 0.3 is 7.82 Å². The van der Waals surface area contributed by atoms with Gasteiger partial charge in [-0.25, -0.2) is 4.57 Å². The van der Waals surface area contributed by atoms with Crippen LogP contribution in [0.2, 0.25) is 0 Å². The highest BCUT2D eigenvalue weighted by atomic mass is 31.2. The van der Waals surface area contributed by atoms with Gasteiger partial charge in [0.15, 0.2) is 0 Å². The Kier molecular flexibility index (Phi) is 34.5. The number of allylic oxidation sites excluding steroid dienone is 1. The van der Waals surface area contributed by atoms with E-state index in [0.29, 0.717) is 17.4 Å². The van der Waals surface area contributed by atoms with Crippen LogP contribution in [0.4, 0.5) is 0 Å². The molecule has 1 amide bonds. The highest BCUT2D eigenvalue weighted by Gasteiger charge is 2.27. The first kappa shape index (κ1) is 50.2. The molecule has 3 atom stereocenters. The van der Waals surface area contributed by atoms with Gasteiger partial charge in [0, 0.05) is 6.42 Å². The number of hydrogen-bond acceptors (Lipinski definition) is 5. The van der Waals surface area contributed by atoms with Gasteiger partial charge < -0.3 is 19.8 Å². The number of nitrogens with one attached hydrogen (secondary N) is 1. The topological polar surface area (TPSA) is 105 Å². The molecule has 8 nitrogen and oxygen atoms in total. The van der Waals surface area contributed by atoms with Crippen LogP contribution in [-0.4, -0.2) is 73.4 Å². The largest absolute Gasteiger partial charge is 0.472 e. The lowest BCUT2D eigenvalue weighted by molar-refractivity contribution is -0.870. The molecule has 51 heavy (non-hydrogen) atoms. The number of hydrogen-bond donors (Lipinski definition) is 3. The summed E-state index contributed by atoms with van der Waals surface area (Å²) in [5, 5.41) is 13.8. The molecule has 0 aromatic carbocycles. The lowest BCUT2D eigenvalue weighted by Gasteiger charge is -2.25. The average molecular weight is 746 g/mol. The molecule has 9 heteroatoms. The molecule has 0 saturated heterocycles. The minimum atomic E-state index is -4.32. The Bertz CT molecular complexity index is 850. The van der Waals surface area contributed by atoms with Gasteiger partial charge in [0.2, 0.25) is 5.91 Å². The minimum absolute atomic E-state index is 0.0643. The Morgan fingerprint density at radius 3 is 1.45 bits per heavy atom. The molecule has 0 aliphatic heterocycles. The Balaban J connectivity index is 4.33. The van der Waals surface area contributed by atoms with Crippen LogP contribution in [0.25, 0.3) is 0 Å². The second-order valence-corrected chi connectivity index (χ2v) is 17.5. The molecule has 0 saturated carbocycles. The second-order valence-electron chi connectivity index (χ2n) is 16.1. The molecular weight excluding hydrogens is 659 g/mol. The fourth-order valence-corrected chi connectivity index (χ4v) is 7.01. The Morgan fingerprint density at radius 1 is 0.647 bits per heavy atom. The molecule has 0 rings (SSSR count). The van der Waals surface area contributed by atoms with Crippen LogP contribution >= 0.6 is 7.82 Å². The number of nitrogens with zero attached hydrogens (tertiary/aromatic N) is 1. The van der Waals surface area contributed by atoms with Gasteiger partial charge in [-0.2, -0.15) is 0 Å². The maximum atomic E-state index is 12.8. The standard InChI is InChI=1S/C42H85N2O6P/c1-6-8-10-12-14-16-17-18-19-20-21-22-23-24-25-26-28-29-31-33-35-41(45)40(39-50-51(47,48)49-38-37-44(3,4)5)43-42(46)36-34-32-30-27-15-13-11-9-7-2/h33,35,40-41,45H,6-32,34,36-39H2,1-5H3,(H-,43,46,47,48)/p+1/b35-33+. The van der Waals surface area contributed by atoms with Gasteiger partial charge in [-0.3, -0.25) is 13.8 Å². The molecule has 0 heterocycles. The average Bonchev–Trinajstić information content (AvgIpc) is 3.07. The van der Waals surface area contributed by atoms with E-state index in [9.17, 15) is 19.4 Å². The summed E-state index contributed by atoms with van der Waals surface area (Å²) in [6.45, 7) is 4.80. The summed E-state index contributed by atoms with van der Waals surface area (Å²) in [5.41, 5.74) is 0. The predicted octanol–water partition coefficient (Wildman–Crippen LogP) is 11.6. The fourth-order valence-electron chi connectivity index (χ4n) is 6.28. The number of rotatable bonds is 39. The van der Waals surface area contributed by atoms with Crippen molar-refractivity contribution in [2.24, 2.45) is 0 Å². The number of aliphatic hydroxyl groups is 1. The summed E-state index contributed by atoms with van der Waals surface area (Å²) in [7, 11) is 1.58. The van der Waals surface area contributed by atoms with Crippen molar-refractivity contribution < 1.29 is 32.9 Å². The molecule has 3 unspecified atom stereocenters. The number of aliphatic hydroxyl groups excluding tert-OH is 1. The summed E-state index contributed by atoms with van der Waals surface area (Å²) in [5.74, 6) is -0.179. The number of carbonyl (C=O) groups excluding carboxylic acids is 1. The SMILES string of the molecule is CCCCCCCCCCCCCCCCCCCC/C=C/C(O)C(COP(=O)(O)OCC[N+](C)(C)C)NC(=O)CCCCCCCCCCC. The third-order valence-corrected chi connectivity index (χ3v) is 10.7. The molecule has 304 valence electrons.